The van der Waals surface area contributed by atoms with E-state index < -0.39 is 27.0 Å². The standard InChI is InChI=1S/C20H17FIN4O3/c1-28-19-11(21)3-2-4-12(19)24-18-16-13-7-15(26-20(16)27)22-9-29-14-8-23-6-5-10(14)17(18)25-13/h2-6,8,15,24-25H,7,9H2,1H3,(H,26,27)/q-1/t15-/m1/s1. The van der Waals surface area contributed by atoms with Crippen LogP contribution in [-0.2, 0) is 6.42 Å². The predicted molar refractivity (Wildman–Crippen MR) is 101 cm³/mol. The summed E-state index contributed by atoms with van der Waals surface area (Å²) >= 11 is -0.397. The summed E-state index contributed by atoms with van der Waals surface area (Å²) in [5, 5.41) is 6.32. The number of halogens is 2. The second-order valence-corrected chi connectivity index (χ2v) is 9.61. The molecule has 0 saturated heterocycles. The molecular weight excluding hydrogens is 490 g/mol. The second-order valence-electron chi connectivity index (χ2n) is 6.60. The zero-order valence-corrected chi connectivity index (χ0v) is 17.5. The van der Waals surface area contributed by atoms with Crippen LogP contribution in [0.15, 0.2) is 36.7 Å². The number of methoxy groups -OCH3 is 1. The van der Waals surface area contributed by atoms with Gasteiger partial charge in [-0.2, -0.15) is 0 Å². The monoisotopic (exact) mass is 507 g/mol. The van der Waals surface area contributed by atoms with E-state index in [0.717, 1.165) is 11.3 Å². The first kappa shape index (κ1) is 18.2. The molecule has 1 atom stereocenters. The van der Waals surface area contributed by atoms with Gasteiger partial charge in [0.05, 0.1) is 0 Å². The minimum absolute atomic E-state index is 0.0869. The number of nitrogens with zero attached hydrogens (tertiary/aromatic N) is 1. The minimum atomic E-state index is -0.483. The van der Waals surface area contributed by atoms with Gasteiger partial charge in [-0.25, -0.2) is 0 Å². The molecule has 2 aliphatic rings. The Morgan fingerprint density at radius 2 is 2.28 bits per heavy atom. The first-order chi connectivity index (χ1) is 14.2. The van der Waals surface area contributed by atoms with Crippen LogP contribution in [0.3, 0.4) is 0 Å². The van der Waals surface area contributed by atoms with E-state index in [0.29, 0.717) is 39.4 Å². The Balaban J connectivity index is 1.73. The fourth-order valence-electron chi connectivity index (χ4n) is 3.64. The average molecular weight is 507 g/mol. The normalized spacial score (nSPS) is 17.4. The van der Waals surface area contributed by atoms with Crippen molar-refractivity contribution in [2.45, 2.75) is 10.5 Å². The number of aromatic amines is 1. The average Bonchev–Trinajstić information content (AvgIpc) is 3.06. The molecule has 1 aromatic carbocycles. The third-order valence-corrected chi connectivity index (χ3v) is 7.41. The molecule has 2 aliphatic heterocycles. The summed E-state index contributed by atoms with van der Waals surface area (Å²) in [6.07, 6.45) is 4.07. The molecule has 4 heterocycles. The number of H-pyrrole nitrogens is 1. The topological polar surface area (TPSA) is 88.3 Å². The number of carbonyl (C=O) groups excluding carboxylic acids is 1. The number of para-hydroxylation sites is 1. The third-order valence-electron chi connectivity index (χ3n) is 4.92. The number of aromatic nitrogens is 2. The number of hydrogen-bond donors (Lipinski definition) is 3. The fourth-order valence-corrected chi connectivity index (χ4v) is 5.84. The summed E-state index contributed by atoms with van der Waals surface area (Å²) in [6.45, 7) is 0. The molecule has 0 spiro atoms. The molecule has 7 nitrogen and oxygen atoms in total. The van der Waals surface area contributed by atoms with E-state index in [2.05, 4.69) is 20.6 Å². The van der Waals surface area contributed by atoms with E-state index in [9.17, 15) is 9.18 Å². The van der Waals surface area contributed by atoms with Crippen molar-refractivity contribution in [2.24, 2.45) is 0 Å². The Kier molecular flexibility index (Phi) is 4.53. The Bertz CT molecular complexity index is 1120. The molecule has 1 amide bonds. The SMILES string of the molecule is COc1c(F)cccc1Nc1c2[nH]c3c1C(=O)N[C@H](C3)[I-]COc1cnccc1-2. The zero-order valence-electron chi connectivity index (χ0n) is 15.4. The summed E-state index contributed by atoms with van der Waals surface area (Å²) in [5.74, 6) is 0.108. The number of ether oxygens (including phenoxy) is 2. The van der Waals surface area contributed by atoms with Gasteiger partial charge in [-0.05, 0) is 0 Å². The van der Waals surface area contributed by atoms with Crippen LogP contribution in [0.5, 0.6) is 11.5 Å². The number of pyridine rings is 1. The maximum absolute atomic E-state index is 14.2. The number of hydrogen-bond acceptors (Lipinski definition) is 5. The molecule has 150 valence electrons. The van der Waals surface area contributed by atoms with E-state index in [1.54, 1.807) is 24.5 Å². The van der Waals surface area contributed by atoms with Crippen molar-refractivity contribution in [3.05, 3.63) is 53.7 Å². The summed E-state index contributed by atoms with van der Waals surface area (Å²) in [7, 11) is 1.41. The van der Waals surface area contributed by atoms with Crippen molar-refractivity contribution < 1.29 is 39.9 Å². The number of amides is 1. The van der Waals surface area contributed by atoms with Crippen LogP contribution in [0.4, 0.5) is 15.8 Å². The molecule has 3 aromatic rings. The van der Waals surface area contributed by atoms with Gasteiger partial charge in [-0.15, -0.1) is 0 Å². The van der Waals surface area contributed by atoms with E-state index >= 15 is 0 Å². The van der Waals surface area contributed by atoms with Crippen LogP contribution in [0, 0.1) is 5.82 Å². The Labute approximate surface area is 176 Å². The molecule has 0 aliphatic carbocycles. The third kappa shape index (κ3) is 3.09. The molecule has 3 bridgehead atoms. The number of fused-ring (bicyclic) bond motifs is 4. The van der Waals surface area contributed by atoms with Gasteiger partial charge in [0.2, 0.25) is 0 Å². The predicted octanol–water partition coefficient (Wildman–Crippen LogP) is 0.0189. The van der Waals surface area contributed by atoms with Crippen molar-refractivity contribution in [1.29, 1.82) is 0 Å². The molecular formula is C20H17FIN4O3-. The Morgan fingerprint density at radius 3 is 3.14 bits per heavy atom. The number of benzene rings is 1. The molecule has 3 N–H and O–H groups in total. The molecule has 0 unspecified atom stereocenters. The zero-order chi connectivity index (χ0) is 20.0. The van der Waals surface area contributed by atoms with Gasteiger partial charge >= 0.3 is 176 Å². The van der Waals surface area contributed by atoms with E-state index in [4.69, 9.17) is 9.47 Å². The van der Waals surface area contributed by atoms with Crippen LogP contribution in [0.25, 0.3) is 11.3 Å². The summed E-state index contributed by atoms with van der Waals surface area (Å²) in [5.41, 5.74) is 3.91. The van der Waals surface area contributed by atoms with Crippen LogP contribution < -0.4 is 41.3 Å². The summed E-state index contributed by atoms with van der Waals surface area (Å²) in [4.78, 5) is 20.5. The molecule has 5 rings (SSSR count). The van der Waals surface area contributed by atoms with Crippen LogP contribution in [-0.4, -0.2) is 31.6 Å². The van der Waals surface area contributed by atoms with Gasteiger partial charge in [0.25, 0.3) is 0 Å². The number of anilines is 2. The van der Waals surface area contributed by atoms with Crippen molar-refractivity contribution in [3.63, 3.8) is 0 Å². The van der Waals surface area contributed by atoms with Crippen LogP contribution in [0.2, 0.25) is 0 Å². The van der Waals surface area contributed by atoms with Gasteiger partial charge in [0.15, 0.2) is 0 Å². The Hall–Kier alpha value is -2.82. The molecule has 29 heavy (non-hydrogen) atoms. The number of rotatable bonds is 3. The van der Waals surface area contributed by atoms with Gasteiger partial charge in [0.1, 0.15) is 0 Å². The first-order valence-electron chi connectivity index (χ1n) is 8.96. The van der Waals surface area contributed by atoms with E-state index in [1.807, 2.05) is 6.07 Å². The number of carbonyl (C=O) groups is 1. The molecule has 9 heteroatoms. The molecule has 2 aromatic heterocycles. The number of nitrogens with one attached hydrogen (secondary N) is 3. The second kappa shape index (κ2) is 7.21. The quantitative estimate of drug-likeness (QED) is 0.265. The number of alkyl halides is 2. The summed E-state index contributed by atoms with van der Waals surface area (Å²) < 4.78 is 26.1. The van der Waals surface area contributed by atoms with E-state index in [-0.39, 0.29) is 15.7 Å². The van der Waals surface area contributed by atoms with Crippen molar-refractivity contribution in [1.82, 2.24) is 15.3 Å². The van der Waals surface area contributed by atoms with Gasteiger partial charge in [-0.3, -0.25) is 0 Å². The molecule has 0 radical (unpaired) electrons. The van der Waals surface area contributed by atoms with Gasteiger partial charge in [-0.1, -0.05) is 0 Å². The van der Waals surface area contributed by atoms with Crippen molar-refractivity contribution >= 4 is 17.3 Å². The Morgan fingerprint density at radius 1 is 1.38 bits per heavy atom. The van der Waals surface area contributed by atoms with Crippen LogP contribution >= 0.6 is 0 Å². The van der Waals surface area contributed by atoms with Gasteiger partial charge < -0.3 is 0 Å². The molecule has 0 fully saturated rings. The molecule has 0 saturated carbocycles. The van der Waals surface area contributed by atoms with E-state index in [1.165, 1.54) is 13.2 Å². The summed E-state index contributed by atoms with van der Waals surface area (Å²) in [6, 6.07) is 6.47. The van der Waals surface area contributed by atoms with Crippen molar-refractivity contribution in [2.75, 3.05) is 17.0 Å². The first-order valence-corrected chi connectivity index (χ1v) is 11.7. The van der Waals surface area contributed by atoms with Gasteiger partial charge in [0, 0.05) is 0 Å². The fraction of sp³-hybridized carbons (Fsp3) is 0.200. The van der Waals surface area contributed by atoms with Crippen molar-refractivity contribution in [3.8, 4) is 22.8 Å². The van der Waals surface area contributed by atoms with Crippen LogP contribution in [0.1, 0.15) is 16.1 Å². The maximum atomic E-state index is 14.2.